The first-order valence-corrected chi connectivity index (χ1v) is 3.91. The molecular weight excluding hydrogens is 154 g/mol. The van der Waals surface area contributed by atoms with E-state index in [0.29, 0.717) is 6.54 Å². The molecule has 12 heavy (non-hydrogen) atoms. The van der Waals surface area contributed by atoms with Gasteiger partial charge in [0.1, 0.15) is 0 Å². The summed E-state index contributed by atoms with van der Waals surface area (Å²) in [5, 5.41) is 1.41. The van der Waals surface area contributed by atoms with Crippen molar-refractivity contribution in [3.63, 3.8) is 0 Å². The number of hydrogen-bond donors (Lipinski definition) is 0. The van der Waals surface area contributed by atoms with E-state index in [4.69, 9.17) is 9.68 Å². The Kier molecular flexibility index (Phi) is 3.57. The van der Waals surface area contributed by atoms with Gasteiger partial charge in [0, 0.05) is 0 Å². The second-order valence-corrected chi connectivity index (χ2v) is 2.24. The average Bonchev–Trinajstić information content (AvgIpc) is 2.16. The first-order chi connectivity index (χ1) is 5.86. The molecule has 0 amide bonds. The van der Waals surface area contributed by atoms with E-state index in [1.807, 2.05) is 37.3 Å². The maximum absolute atomic E-state index is 5.32. The molecule has 0 saturated heterocycles. The second kappa shape index (κ2) is 4.74. The molecule has 0 unspecified atom stereocenters. The lowest BCUT2D eigenvalue weighted by atomic mass is 10.3. The monoisotopic (exact) mass is 167 g/mol. The summed E-state index contributed by atoms with van der Waals surface area (Å²) in [5.74, 6) is 0.779. The lowest BCUT2D eigenvalue weighted by Crippen LogP contribution is -2.25. The lowest BCUT2D eigenvalue weighted by molar-refractivity contribution is -0.299. The molecule has 0 fully saturated rings. The zero-order chi connectivity index (χ0) is 8.81. The highest BCUT2D eigenvalue weighted by Gasteiger charge is 2.00. The Morgan fingerprint density at radius 2 is 1.92 bits per heavy atom. The third kappa shape index (κ3) is 2.53. The topological polar surface area (TPSA) is 21.7 Å². The zero-order valence-corrected chi connectivity index (χ0v) is 7.36. The number of benzene rings is 1. The van der Waals surface area contributed by atoms with E-state index in [1.165, 1.54) is 5.23 Å². The quantitative estimate of drug-likeness (QED) is 0.639. The number of hydrogen-bond acceptors (Lipinski definition) is 3. The Balaban J connectivity index is 2.51. The van der Waals surface area contributed by atoms with Crippen molar-refractivity contribution in [1.29, 1.82) is 0 Å². The predicted octanol–water partition coefficient (Wildman–Crippen LogP) is 1.86. The van der Waals surface area contributed by atoms with Crippen LogP contribution in [0.1, 0.15) is 6.92 Å². The van der Waals surface area contributed by atoms with Gasteiger partial charge in [-0.2, -0.15) is 0 Å². The molecular formula is C9H13NO2. The minimum atomic E-state index is 0.686. The van der Waals surface area contributed by atoms with Gasteiger partial charge in [-0.25, -0.2) is 0 Å². The summed E-state index contributed by atoms with van der Waals surface area (Å²) >= 11 is 0. The first kappa shape index (κ1) is 9.03. The summed E-state index contributed by atoms with van der Waals surface area (Å²) in [5.41, 5.74) is 0. The summed E-state index contributed by atoms with van der Waals surface area (Å²) in [6.07, 6.45) is 0. The highest BCUT2D eigenvalue weighted by molar-refractivity contribution is 5.20. The number of nitrogens with zero attached hydrogens (tertiary/aromatic N) is 1. The van der Waals surface area contributed by atoms with Crippen molar-refractivity contribution in [3.05, 3.63) is 30.3 Å². The molecule has 3 heteroatoms. The molecule has 0 aliphatic rings. The van der Waals surface area contributed by atoms with Crippen LogP contribution < -0.4 is 4.84 Å². The Morgan fingerprint density at radius 3 is 2.42 bits per heavy atom. The lowest BCUT2D eigenvalue weighted by Gasteiger charge is -2.16. The van der Waals surface area contributed by atoms with Crippen molar-refractivity contribution in [2.75, 3.05) is 13.7 Å². The summed E-state index contributed by atoms with van der Waals surface area (Å²) in [4.78, 5) is 10.2. The fourth-order valence-corrected chi connectivity index (χ4v) is 0.830. The first-order valence-electron chi connectivity index (χ1n) is 3.91. The van der Waals surface area contributed by atoms with Crippen LogP contribution in [0.4, 0.5) is 0 Å². The van der Waals surface area contributed by atoms with E-state index in [2.05, 4.69) is 0 Å². The van der Waals surface area contributed by atoms with E-state index in [9.17, 15) is 0 Å². The van der Waals surface area contributed by atoms with Crippen molar-refractivity contribution < 1.29 is 9.68 Å². The third-order valence-electron chi connectivity index (χ3n) is 1.41. The molecule has 1 aromatic rings. The van der Waals surface area contributed by atoms with Crippen molar-refractivity contribution in [2.45, 2.75) is 6.92 Å². The molecule has 0 spiro atoms. The van der Waals surface area contributed by atoms with Gasteiger partial charge in [-0.15, -0.1) is 0 Å². The van der Waals surface area contributed by atoms with Gasteiger partial charge in [-0.05, 0) is 24.3 Å². The minimum Gasteiger partial charge on any atom is -0.381 e. The van der Waals surface area contributed by atoms with Crippen molar-refractivity contribution in [3.8, 4) is 5.75 Å². The molecule has 0 bridgehead atoms. The maximum Gasteiger partial charge on any atom is 0.150 e. The van der Waals surface area contributed by atoms with Crippen LogP contribution in [-0.2, 0) is 4.84 Å². The van der Waals surface area contributed by atoms with Gasteiger partial charge in [0.15, 0.2) is 5.75 Å². The van der Waals surface area contributed by atoms with Gasteiger partial charge >= 0.3 is 0 Å². The maximum atomic E-state index is 5.32. The van der Waals surface area contributed by atoms with Gasteiger partial charge in [0.25, 0.3) is 0 Å². The van der Waals surface area contributed by atoms with Crippen LogP contribution in [0, 0.1) is 0 Å². The highest BCUT2D eigenvalue weighted by Crippen LogP contribution is 2.09. The van der Waals surface area contributed by atoms with E-state index in [0.717, 1.165) is 5.75 Å². The molecule has 0 radical (unpaired) electrons. The Labute approximate surface area is 72.4 Å². The fourth-order valence-electron chi connectivity index (χ4n) is 0.830. The molecule has 0 atom stereocenters. The second-order valence-electron chi connectivity index (χ2n) is 2.24. The third-order valence-corrected chi connectivity index (χ3v) is 1.41. The van der Waals surface area contributed by atoms with Gasteiger partial charge < -0.3 is 4.84 Å². The van der Waals surface area contributed by atoms with Gasteiger partial charge in [-0.1, -0.05) is 18.2 Å². The van der Waals surface area contributed by atoms with Crippen LogP contribution >= 0.6 is 0 Å². The SMILES string of the molecule is CCN(OC)Oc1ccccc1. The molecule has 0 N–H and O–H groups in total. The highest BCUT2D eigenvalue weighted by atomic mass is 16.9. The van der Waals surface area contributed by atoms with Gasteiger partial charge in [0.2, 0.25) is 0 Å². The average molecular weight is 167 g/mol. The van der Waals surface area contributed by atoms with Crippen LogP contribution in [0.15, 0.2) is 30.3 Å². The van der Waals surface area contributed by atoms with Crippen molar-refractivity contribution in [2.24, 2.45) is 0 Å². The Hall–Kier alpha value is -1.06. The smallest absolute Gasteiger partial charge is 0.150 e. The van der Waals surface area contributed by atoms with Gasteiger partial charge in [0.05, 0.1) is 13.7 Å². The molecule has 3 nitrogen and oxygen atoms in total. The molecule has 1 aromatic carbocycles. The summed E-state index contributed by atoms with van der Waals surface area (Å²) in [6, 6.07) is 9.52. The molecule has 0 aliphatic carbocycles. The number of para-hydroxylation sites is 1. The summed E-state index contributed by atoms with van der Waals surface area (Å²) in [7, 11) is 1.58. The van der Waals surface area contributed by atoms with Crippen LogP contribution in [0.5, 0.6) is 5.75 Å². The summed E-state index contributed by atoms with van der Waals surface area (Å²) in [6.45, 7) is 2.64. The molecule has 0 heterocycles. The van der Waals surface area contributed by atoms with Crippen LogP contribution in [0.3, 0.4) is 0 Å². The van der Waals surface area contributed by atoms with E-state index in [-0.39, 0.29) is 0 Å². The van der Waals surface area contributed by atoms with Crippen molar-refractivity contribution >= 4 is 0 Å². The van der Waals surface area contributed by atoms with E-state index < -0.39 is 0 Å². The van der Waals surface area contributed by atoms with Crippen LogP contribution in [0.25, 0.3) is 0 Å². The fraction of sp³-hybridized carbons (Fsp3) is 0.333. The normalized spacial score (nSPS) is 10.2. The zero-order valence-electron chi connectivity index (χ0n) is 7.36. The Bertz CT molecular complexity index is 209. The van der Waals surface area contributed by atoms with E-state index >= 15 is 0 Å². The molecule has 1 rings (SSSR count). The van der Waals surface area contributed by atoms with Crippen molar-refractivity contribution in [1.82, 2.24) is 5.23 Å². The minimum absolute atomic E-state index is 0.686. The number of hydroxylamine groups is 2. The van der Waals surface area contributed by atoms with Crippen LogP contribution in [-0.4, -0.2) is 18.9 Å². The standard InChI is InChI=1S/C9H13NO2/c1-3-10(11-2)12-9-7-5-4-6-8-9/h4-8H,3H2,1-2H3. The molecule has 0 saturated carbocycles. The van der Waals surface area contributed by atoms with E-state index in [1.54, 1.807) is 7.11 Å². The molecule has 0 aromatic heterocycles. The number of rotatable bonds is 4. The molecule has 66 valence electrons. The molecule has 0 aliphatic heterocycles. The predicted molar refractivity (Wildman–Crippen MR) is 46.5 cm³/mol. The Morgan fingerprint density at radius 1 is 1.25 bits per heavy atom. The largest absolute Gasteiger partial charge is 0.381 e. The van der Waals surface area contributed by atoms with Crippen LogP contribution in [0.2, 0.25) is 0 Å². The summed E-state index contributed by atoms with van der Waals surface area (Å²) < 4.78 is 0. The van der Waals surface area contributed by atoms with Gasteiger partial charge in [-0.3, -0.25) is 4.84 Å².